The topological polar surface area (TPSA) is 115 Å². The number of nitrogens with zero attached hydrogens (tertiary/aromatic N) is 4. The molecule has 0 atom stereocenters. The molecule has 4 aromatic rings. The van der Waals surface area contributed by atoms with Gasteiger partial charge in [0.2, 0.25) is 0 Å². The highest BCUT2D eigenvalue weighted by molar-refractivity contribution is 6.30. The third kappa shape index (κ3) is 7.89. The van der Waals surface area contributed by atoms with Gasteiger partial charge in [0.1, 0.15) is 21.7 Å². The number of methoxy groups -OCH3 is 1. The van der Waals surface area contributed by atoms with Crippen molar-refractivity contribution in [3.63, 3.8) is 0 Å². The quantitative estimate of drug-likeness (QED) is 0.146. The number of carbonyl (C=O) groups is 2. The molecule has 0 radical (unpaired) electrons. The van der Waals surface area contributed by atoms with Gasteiger partial charge in [0, 0.05) is 47.0 Å². The second kappa shape index (κ2) is 12.5. The van der Waals surface area contributed by atoms with Crippen LogP contribution in [0.4, 0.5) is 26.3 Å². The van der Waals surface area contributed by atoms with Crippen molar-refractivity contribution < 1.29 is 45.8 Å². The van der Waals surface area contributed by atoms with Crippen LogP contribution in [-0.4, -0.2) is 44.1 Å². The first-order chi connectivity index (χ1) is 19.1. The normalized spacial score (nSPS) is 11.3. The van der Waals surface area contributed by atoms with E-state index in [0.717, 1.165) is 36.8 Å². The summed E-state index contributed by atoms with van der Waals surface area (Å²) in [4.78, 5) is 36.7. The van der Waals surface area contributed by atoms with Gasteiger partial charge in [-0.3, -0.25) is 9.97 Å². The summed E-state index contributed by atoms with van der Waals surface area (Å²) < 4.78 is 79.3. The smallest absolute Gasteiger partial charge is 0.433 e. The molecule has 16 heteroatoms. The van der Waals surface area contributed by atoms with Crippen LogP contribution >= 0.6 is 23.2 Å². The van der Waals surface area contributed by atoms with E-state index in [4.69, 9.17) is 28.3 Å². The molecule has 8 nitrogen and oxygen atoms in total. The Bertz CT molecular complexity index is 1560. The summed E-state index contributed by atoms with van der Waals surface area (Å²) in [6.07, 6.45) is -4.88. The number of carbonyl (C=O) groups excluding carboxylic acids is 1. The Morgan fingerprint density at radius 2 is 1.12 bits per heavy atom. The van der Waals surface area contributed by atoms with E-state index in [-0.39, 0.29) is 32.6 Å². The standard InChI is InChI=1S/C13H8ClF3N2O2.C12H6ClF3N2O2/c1-21-12(20)9-6-19-11(14)4-8(9)7-2-3-10(18-5-7)13(15,16)17;13-10-3-7(8(5-18-10)11(19)20)6-1-2-9(17-4-6)12(14,15)16/h2-6H,1H3;1-5H,(H,19,20). The van der Waals surface area contributed by atoms with Gasteiger partial charge in [-0.1, -0.05) is 35.3 Å². The van der Waals surface area contributed by atoms with Crippen molar-refractivity contribution in [1.82, 2.24) is 19.9 Å². The number of rotatable bonds is 4. The van der Waals surface area contributed by atoms with Crippen molar-refractivity contribution in [3.8, 4) is 22.3 Å². The molecular weight excluding hydrogens is 605 g/mol. The van der Waals surface area contributed by atoms with Crippen LogP contribution in [0.25, 0.3) is 22.3 Å². The van der Waals surface area contributed by atoms with Gasteiger partial charge in [-0.2, -0.15) is 26.3 Å². The molecule has 0 bridgehead atoms. The molecule has 0 spiro atoms. The van der Waals surface area contributed by atoms with Gasteiger partial charge in [0.15, 0.2) is 0 Å². The first-order valence-electron chi connectivity index (χ1n) is 10.8. The fraction of sp³-hybridized carbons (Fsp3) is 0.120. The molecule has 0 saturated heterocycles. The van der Waals surface area contributed by atoms with Crippen LogP contribution in [0.3, 0.4) is 0 Å². The minimum absolute atomic E-state index is 0.0323. The average Bonchev–Trinajstić information content (AvgIpc) is 2.92. The molecule has 214 valence electrons. The van der Waals surface area contributed by atoms with Crippen LogP contribution in [0.2, 0.25) is 10.3 Å². The maximum Gasteiger partial charge on any atom is 0.433 e. The van der Waals surface area contributed by atoms with Crippen LogP contribution in [0, 0.1) is 0 Å². The Balaban J connectivity index is 0.000000226. The largest absolute Gasteiger partial charge is 0.478 e. The summed E-state index contributed by atoms with van der Waals surface area (Å²) in [6.45, 7) is 0. The zero-order valence-electron chi connectivity index (χ0n) is 20.3. The van der Waals surface area contributed by atoms with E-state index in [9.17, 15) is 35.9 Å². The second-order valence-electron chi connectivity index (χ2n) is 7.76. The highest BCUT2D eigenvalue weighted by Gasteiger charge is 2.33. The molecule has 0 fully saturated rings. The number of ether oxygens (including phenoxy) is 1. The highest BCUT2D eigenvalue weighted by atomic mass is 35.5. The fourth-order valence-electron chi connectivity index (χ4n) is 3.22. The number of hydrogen-bond donors (Lipinski definition) is 1. The summed E-state index contributed by atoms with van der Waals surface area (Å²) in [7, 11) is 1.19. The third-order valence-corrected chi connectivity index (χ3v) is 5.52. The summed E-state index contributed by atoms with van der Waals surface area (Å²) in [6, 6.07) is 6.55. The molecule has 0 aromatic carbocycles. The Morgan fingerprint density at radius 3 is 1.46 bits per heavy atom. The predicted molar refractivity (Wildman–Crippen MR) is 133 cm³/mol. The van der Waals surface area contributed by atoms with Gasteiger partial charge in [-0.25, -0.2) is 19.6 Å². The van der Waals surface area contributed by atoms with Gasteiger partial charge in [0.05, 0.1) is 18.2 Å². The average molecular weight is 619 g/mol. The van der Waals surface area contributed by atoms with Crippen LogP contribution in [0.5, 0.6) is 0 Å². The van der Waals surface area contributed by atoms with Gasteiger partial charge < -0.3 is 9.84 Å². The van der Waals surface area contributed by atoms with Crippen molar-refractivity contribution in [2.45, 2.75) is 12.4 Å². The Kier molecular flexibility index (Phi) is 9.50. The number of alkyl halides is 6. The molecule has 0 aliphatic carbocycles. The number of carboxylic acid groups (broad SMARTS) is 1. The van der Waals surface area contributed by atoms with Crippen molar-refractivity contribution >= 4 is 35.1 Å². The molecule has 0 saturated carbocycles. The van der Waals surface area contributed by atoms with E-state index in [0.29, 0.717) is 11.1 Å². The van der Waals surface area contributed by atoms with Crippen LogP contribution in [0.15, 0.2) is 61.2 Å². The van der Waals surface area contributed by atoms with E-state index >= 15 is 0 Å². The minimum Gasteiger partial charge on any atom is -0.478 e. The number of carboxylic acids is 1. The molecule has 0 aliphatic rings. The molecular formula is C25H14Cl2F6N4O4. The van der Waals surface area contributed by atoms with Crippen LogP contribution in [0.1, 0.15) is 32.1 Å². The summed E-state index contributed by atoms with van der Waals surface area (Å²) >= 11 is 11.4. The first kappa shape index (κ1) is 31.2. The van der Waals surface area contributed by atoms with Gasteiger partial charge >= 0.3 is 24.3 Å². The van der Waals surface area contributed by atoms with E-state index in [1.165, 1.54) is 31.5 Å². The first-order valence-corrected chi connectivity index (χ1v) is 11.6. The number of esters is 1. The maximum absolute atomic E-state index is 12.5. The van der Waals surface area contributed by atoms with E-state index in [1.54, 1.807) is 0 Å². The SMILES string of the molecule is COC(=O)c1cnc(Cl)cc1-c1ccc(C(F)(F)F)nc1.O=C(O)c1cnc(Cl)cc1-c1ccc(C(F)(F)F)nc1. The number of halogens is 8. The predicted octanol–water partition coefficient (Wildman–Crippen LogP) is 7.12. The van der Waals surface area contributed by atoms with E-state index < -0.39 is 35.7 Å². The Hall–Kier alpha value is -4.30. The van der Waals surface area contributed by atoms with Gasteiger partial charge in [-0.05, 0) is 24.3 Å². The third-order valence-electron chi connectivity index (χ3n) is 5.11. The highest BCUT2D eigenvalue weighted by Crippen LogP contribution is 2.32. The number of pyridine rings is 4. The minimum atomic E-state index is -4.55. The van der Waals surface area contributed by atoms with Crippen LogP contribution < -0.4 is 0 Å². The second-order valence-corrected chi connectivity index (χ2v) is 8.54. The number of aromatic carboxylic acids is 1. The Labute approximate surface area is 236 Å². The molecule has 1 N–H and O–H groups in total. The molecule has 0 unspecified atom stereocenters. The van der Waals surface area contributed by atoms with Crippen molar-refractivity contribution in [2.24, 2.45) is 0 Å². The monoisotopic (exact) mass is 618 g/mol. The molecule has 0 aliphatic heterocycles. The lowest BCUT2D eigenvalue weighted by molar-refractivity contribution is -0.141. The van der Waals surface area contributed by atoms with Crippen molar-refractivity contribution in [3.05, 3.63) is 94.0 Å². The molecule has 0 amide bonds. The molecule has 4 aromatic heterocycles. The maximum atomic E-state index is 12.5. The van der Waals surface area contributed by atoms with Crippen molar-refractivity contribution in [1.29, 1.82) is 0 Å². The van der Waals surface area contributed by atoms with Gasteiger partial charge in [0.25, 0.3) is 0 Å². The molecule has 4 heterocycles. The van der Waals surface area contributed by atoms with E-state index in [2.05, 4.69) is 24.7 Å². The summed E-state index contributed by atoms with van der Waals surface area (Å²) in [5.74, 6) is -1.93. The zero-order valence-corrected chi connectivity index (χ0v) is 21.8. The zero-order chi connectivity index (χ0) is 30.5. The van der Waals surface area contributed by atoms with Crippen LogP contribution in [-0.2, 0) is 17.1 Å². The number of aromatic nitrogens is 4. The van der Waals surface area contributed by atoms with Gasteiger partial charge in [-0.15, -0.1) is 0 Å². The Morgan fingerprint density at radius 1 is 0.707 bits per heavy atom. The lowest BCUT2D eigenvalue weighted by atomic mass is 10.0. The molecule has 41 heavy (non-hydrogen) atoms. The van der Waals surface area contributed by atoms with E-state index in [1.807, 2.05) is 0 Å². The lowest BCUT2D eigenvalue weighted by Crippen LogP contribution is -2.08. The number of hydrogen-bond acceptors (Lipinski definition) is 7. The van der Waals surface area contributed by atoms with Crippen molar-refractivity contribution in [2.75, 3.05) is 7.11 Å². The fourth-order valence-corrected chi connectivity index (χ4v) is 3.54. The summed E-state index contributed by atoms with van der Waals surface area (Å²) in [5.41, 5.74) is -1.21. The molecule has 4 rings (SSSR count). The lowest BCUT2D eigenvalue weighted by Gasteiger charge is -2.09. The summed E-state index contributed by atoms with van der Waals surface area (Å²) in [5, 5.41) is 9.15.